The van der Waals surface area contributed by atoms with Crippen molar-refractivity contribution < 1.29 is 23.0 Å². The summed E-state index contributed by atoms with van der Waals surface area (Å²) in [7, 11) is 2.96. The standard InChI is InChI=1S/C19H17F2N3O3/c1-11-8-18(23-24(11)16-7-4-12(20)9-15(16)21)22-19(25)14-6-5-13(26-2)10-17(14)27-3/h4-10H,1-3H3,(H,22,23,25). The first kappa shape index (κ1) is 18.4. The fourth-order valence-electron chi connectivity index (χ4n) is 2.60. The van der Waals surface area contributed by atoms with Crippen LogP contribution in [-0.4, -0.2) is 29.9 Å². The van der Waals surface area contributed by atoms with Gasteiger partial charge in [0.15, 0.2) is 11.6 Å². The molecule has 0 saturated carbocycles. The van der Waals surface area contributed by atoms with Crippen molar-refractivity contribution in [3.63, 3.8) is 0 Å². The molecule has 0 aliphatic rings. The SMILES string of the molecule is COc1ccc(C(=O)Nc2cc(C)n(-c3ccc(F)cc3F)n2)c(OC)c1. The van der Waals surface area contributed by atoms with Gasteiger partial charge in [0, 0.05) is 23.9 Å². The zero-order valence-electron chi connectivity index (χ0n) is 14.9. The van der Waals surface area contributed by atoms with Crippen molar-refractivity contribution in [3.05, 3.63) is 65.4 Å². The van der Waals surface area contributed by atoms with Crippen LogP contribution in [0.4, 0.5) is 14.6 Å². The summed E-state index contributed by atoms with van der Waals surface area (Å²) in [6.45, 7) is 1.69. The summed E-state index contributed by atoms with van der Waals surface area (Å²) in [5, 5.41) is 6.83. The first-order valence-corrected chi connectivity index (χ1v) is 7.98. The van der Waals surface area contributed by atoms with Gasteiger partial charge in [0.2, 0.25) is 0 Å². The molecule has 1 amide bonds. The van der Waals surface area contributed by atoms with Crippen LogP contribution < -0.4 is 14.8 Å². The maximum absolute atomic E-state index is 14.0. The van der Waals surface area contributed by atoms with Crippen LogP contribution in [0.1, 0.15) is 16.1 Å². The van der Waals surface area contributed by atoms with Crippen LogP contribution in [0.25, 0.3) is 5.69 Å². The summed E-state index contributed by atoms with van der Waals surface area (Å²) < 4.78 is 38.7. The molecule has 27 heavy (non-hydrogen) atoms. The number of hydrogen-bond donors (Lipinski definition) is 1. The number of aromatic nitrogens is 2. The number of ether oxygens (including phenoxy) is 2. The predicted octanol–water partition coefficient (Wildman–Crippen LogP) is 3.73. The third kappa shape index (κ3) is 3.74. The van der Waals surface area contributed by atoms with E-state index in [4.69, 9.17) is 9.47 Å². The number of rotatable bonds is 5. The molecule has 0 saturated heterocycles. The largest absolute Gasteiger partial charge is 0.497 e. The molecule has 0 radical (unpaired) electrons. The van der Waals surface area contributed by atoms with Gasteiger partial charge < -0.3 is 14.8 Å². The van der Waals surface area contributed by atoms with Crippen LogP contribution in [-0.2, 0) is 0 Å². The summed E-state index contributed by atoms with van der Waals surface area (Å²) in [6.07, 6.45) is 0. The van der Waals surface area contributed by atoms with E-state index in [1.807, 2.05) is 0 Å². The minimum Gasteiger partial charge on any atom is -0.497 e. The lowest BCUT2D eigenvalue weighted by molar-refractivity contribution is 0.102. The molecule has 0 aliphatic heterocycles. The molecule has 1 heterocycles. The molecule has 2 aromatic carbocycles. The molecular formula is C19H17F2N3O3. The smallest absolute Gasteiger partial charge is 0.260 e. The Bertz CT molecular complexity index is 1000. The Morgan fingerprint density at radius 1 is 1.07 bits per heavy atom. The number of carbonyl (C=O) groups excluding carboxylic acids is 1. The van der Waals surface area contributed by atoms with Crippen LogP contribution in [0.3, 0.4) is 0 Å². The normalized spacial score (nSPS) is 10.6. The molecule has 8 heteroatoms. The van der Waals surface area contributed by atoms with E-state index in [0.29, 0.717) is 22.8 Å². The van der Waals surface area contributed by atoms with E-state index in [-0.39, 0.29) is 11.5 Å². The third-order valence-electron chi connectivity index (χ3n) is 3.92. The van der Waals surface area contributed by atoms with Gasteiger partial charge in [-0.15, -0.1) is 5.10 Å². The molecule has 140 valence electrons. The quantitative estimate of drug-likeness (QED) is 0.740. The summed E-state index contributed by atoms with van der Waals surface area (Å²) in [6, 6.07) is 9.56. The number of nitrogens with one attached hydrogen (secondary N) is 1. The number of halogens is 2. The minimum atomic E-state index is -0.754. The van der Waals surface area contributed by atoms with Crippen LogP contribution in [0.15, 0.2) is 42.5 Å². The molecule has 0 atom stereocenters. The van der Waals surface area contributed by atoms with Gasteiger partial charge in [-0.25, -0.2) is 13.5 Å². The predicted molar refractivity (Wildman–Crippen MR) is 95.7 cm³/mol. The fraction of sp³-hybridized carbons (Fsp3) is 0.158. The Hall–Kier alpha value is -3.42. The summed E-state index contributed by atoms with van der Waals surface area (Å²) in [5.74, 6) is -0.766. The maximum Gasteiger partial charge on any atom is 0.260 e. The van der Waals surface area contributed by atoms with Crippen LogP contribution in [0.5, 0.6) is 11.5 Å². The second-order valence-corrected chi connectivity index (χ2v) is 5.70. The first-order chi connectivity index (χ1) is 12.9. The Labute approximate surface area is 154 Å². The molecule has 0 spiro atoms. The zero-order chi connectivity index (χ0) is 19.6. The van der Waals surface area contributed by atoms with Gasteiger partial charge in [-0.2, -0.15) is 0 Å². The number of hydrogen-bond acceptors (Lipinski definition) is 4. The van der Waals surface area contributed by atoms with Gasteiger partial charge in [-0.1, -0.05) is 0 Å². The summed E-state index contributed by atoms with van der Waals surface area (Å²) >= 11 is 0. The van der Waals surface area contributed by atoms with Crippen LogP contribution in [0, 0.1) is 18.6 Å². The number of aryl methyl sites for hydroxylation is 1. The monoisotopic (exact) mass is 373 g/mol. The molecule has 0 unspecified atom stereocenters. The first-order valence-electron chi connectivity index (χ1n) is 7.98. The average molecular weight is 373 g/mol. The molecule has 3 rings (SSSR count). The van der Waals surface area contributed by atoms with Gasteiger partial charge in [-0.3, -0.25) is 4.79 Å². The van der Waals surface area contributed by atoms with Crippen LogP contribution >= 0.6 is 0 Å². The van der Waals surface area contributed by atoms with Crippen molar-refractivity contribution in [1.29, 1.82) is 0 Å². The molecule has 0 fully saturated rings. The van der Waals surface area contributed by atoms with E-state index in [2.05, 4.69) is 10.4 Å². The maximum atomic E-state index is 14.0. The number of methoxy groups -OCH3 is 2. The highest BCUT2D eigenvalue weighted by molar-refractivity contribution is 6.05. The fourth-order valence-corrected chi connectivity index (χ4v) is 2.60. The van der Waals surface area contributed by atoms with Gasteiger partial charge in [0.25, 0.3) is 5.91 Å². The topological polar surface area (TPSA) is 65.4 Å². The Morgan fingerprint density at radius 3 is 2.52 bits per heavy atom. The minimum absolute atomic E-state index is 0.0800. The number of carbonyl (C=O) groups is 1. The van der Waals surface area contributed by atoms with Crippen molar-refractivity contribution in [2.24, 2.45) is 0 Å². The lowest BCUT2D eigenvalue weighted by Crippen LogP contribution is -2.14. The molecule has 0 aliphatic carbocycles. The van der Waals surface area contributed by atoms with Crippen molar-refractivity contribution in [2.45, 2.75) is 6.92 Å². The second kappa shape index (κ2) is 7.45. The van der Waals surface area contributed by atoms with E-state index in [9.17, 15) is 13.6 Å². The number of amides is 1. The number of benzene rings is 2. The van der Waals surface area contributed by atoms with Gasteiger partial charge >= 0.3 is 0 Å². The Balaban J connectivity index is 1.88. The van der Waals surface area contributed by atoms with E-state index in [1.54, 1.807) is 31.2 Å². The highest BCUT2D eigenvalue weighted by Crippen LogP contribution is 2.26. The lowest BCUT2D eigenvalue weighted by Gasteiger charge is -2.09. The van der Waals surface area contributed by atoms with Gasteiger partial charge in [0.1, 0.15) is 23.0 Å². The molecule has 3 aromatic rings. The van der Waals surface area contributed by atoms with Crippen molar-refractivity contribution in [2.75, 3.05) is 19.5 Å². The lowest BCUT2D eigenvalue weighted by atomic mass is 10.1. The second-order valence-electron chi connectivity index (χ2n) is 5.70. The number of anilines is 1. The van der Waals surface area contributed by atoms with Gasteiger partial charge in [-0.05, 0) is 31.2 Å². The Kier molecular flexibility index (Phi) is 5.07. The van der Waals surface area contributed by atoms with Crippen molar-refractivity contribution >= 4 is 11.7 Å². The van der Waals surface area contributed by atoms with Crippen molar-refractivity contribution in [3.8, 4) is 17.2 Å². The number of nitrogens with zero attached hydrogens (tertiary/aromatic N) is 2. The van der Waals surface area contributed by atoms with E-state index in [0.717, 1.165) is 12.1 Å². The third-order valence-corrected chi connectivity index (χ3v) is 3.92. The van der Waals surface area contributed by atoms with Gasteiger partial charge in [0.05, 0.1) is 19.8 Å². The Morgan fingerprint density at radius 2 is 1.85 bits per heavy atom. The molecule has 1 aromatic heterocycles. The van der Waals surface area contributed by atoms with Crippen LogP contribution in [0.2, 0.25) is 0 Å². The van der Waals surface area contributed by atoms with E-state index >= 15 is 0 Å². The van der Waals surface area contributed by atoms with E-state index in [1.165, 1.54) is 25.0 Å². The van der Waals surface area contributed by atoms with Crippen molar-refractivity contribution in [1.82, 2.24) is 9.78 Å². The van der Waals surface area contributed by atoms with E-state index < -0.39 is 17.5 Å². The molecule has 1 N–H and O–H groups in total. The average Bonchev–Trinajstić information content (AvgIpc) is 3.00. The summed E-state index contributed by atoms with van der Waals surface area (Å²) in [5.41, 5.74) is 0.937. The molecular weight excluding hydrogens is 356 g/mol. The highest BCUT2D eigenvalue weighted by Gasteiger charge is 2.17. The summed E-state index contributed by atoms with van der Waals surface area (Å²) in [4.78, 5) is 12.6. The highest BCUT2D eigenvalue weighted by atomic mass is 19.1. The molecule has 6 nitrogen and oxygen atoms in total. The molecule has 0 bridgehead atoms. The zero-order valence-corrected chi connectivity index (χ0v) is 14.9.